The Balaban J connectivity index is 1.95. The molecule has 2 rings (SSSR count). The van der Waals surface area contributed by atoms with Crippen LogP contribution >= 0.6 is 0 Å². The number of aliphatic hydroxyl groups is 1. The number of carbonyl (C=O) groups is 1. The molecule has 128 valence electrons. The minimum absolute atomic E-state index is 0.146. The van der Waals surface area contributed by atoms with Crippen molar-refractivity contribution in [3.63, 3.8) is 0 Å². The maximum Gasteiger partial charge on any atom is 0.255 e. The standard InChI is InChI=1S/C20H25NO3/c1-16-11-12-18(21-20(23)17-9-5-4-6-10-17)19(15-16)24-14-8-3-2-7-13-22/h4-6,9-12,15,22H,2-3,7-8,13-14H2,1H3,(H,21,23). The molecule has 24 heavy (non-hydrogen) atoms. The molecule has 4 nitrogen and oxygen atoms in total. The summed E-state index contributed by atoms with van der Waals surface area (Å²) in [5.41, 5.74) is 2.39. The summed E-state index contributed by atoms with van der Waals surface area (Å²) in [4.78, 5) is 12.3. The summed E-state index contributed by atoms with van der Waals surface area (Å²) in [6.07, 6.45) is 3.80. The first kappa shape index (κ1) is 18.0. The van der Waals surface area contributed by atoms with Crippen molar-refractivity contribution in [2.45, 2.75) is 32.6 Å². The molecule has 0 atom stereocenters. The smallest absolute Gasteiger partial charge is 0.255 e. The molecular formula is C20H25NO3. The van der Waals surface area contributed by atoms with Crippen molar-refractivity contribution in [2.75, 3.05) is 18.5 Å². The van der Waals surface area contributed by atoms with Crippen LogP contribution in [0.4, 0.5) is 5.69 Å². The molecular weight excluding hydrogens is 302 g/mol. The Morgan fingerprint density at radius 2 is 1.79 bits per heavy atom. The number of benzene rings is 2. The Morgan fingerprint density at radius 1 is 1.04 bits per heavy atom. The molecule has 2 aromatic carbocycles. The lowest BCUT2D eigenvalue weighted by Crippen LogP contribution is -2.13. The molecule has 0 aliphatic heterocycles. The van der Waals surface area contributed by atoms with E-state index in [1.54, 1.807) is 12.1 Å². The molecule has 2 N–H and O–H groups in total. The first-order valence-corrected chi connectivity index (χ1v) is 8.41. The largest absolute Gasteiger partial charge is 0.491 e. The third kappa shape index (κ3) is 5.70. The average molecular weight is 327 g/mol. The SMILES string of the molecule is Cc1ccc(NC(=O)c2ccccc2)c(OCCCCCCO)c1. The molecule has 0 fully saturated rings. The zero-order valence-electron chi connectivity index (χ0n) is 14.1. The molecule has 0 aliphatic carbocycles. The van der Waals surface area contributed by atoms with E-state index in [0.717, 1.165) is 31.2 Å². The summed E-state index contributed by atoms with van der Waals surface area (Å²) in [5.74, 6) is 0.550. The van der Waals surface area contributed by atoms with Gasteiger partial charge in [0.25, 0.3) is 5.91 Å². The summed E-state index contributed by atoms with van der Waals surface area (Å²) in [6.45, 7) is 2.84. The van der Waals surface area contributed by atoms with Crippen LogP contribution in [0.1, 0.15) is 41.6 Å². The van der Waals surface area contributed by atoms with E-state index in [4.69, 9.17) is 9.84 Å². The van der Waals surface area contributed by atoms with Crippen LogP contribution in [0.3, 0.4) is 0 Å². The number of aryl methyl sites for hydroxylation is 1. The van der Waals surface area contributed by atoms with Crippen molar-refractivity contribution < 1.29 is 14.6 Å². The topological polar surface area (TPSA) is 58.6 Å². The Bertz CT molecular complexity index is 641. The zero-order chi connectivity index (χ0) is 17.2. The van der Waals surface area contributed by atoms with Gasteiger partial charge >= 0.3 is 0 Å². The van der Waals surface area contributed by atoms with Crippen molar-refractivity contribution in [1.82, 2.24) is 0 Å². The van der Waals surface area contributed by atoms with Gasteiger partial charge in [0.05, 0.1) is 12.3 Å². The van der Waals surface area contributed by atoms with Gasteiger partial charge in [-0.25, -0.2) is 0 Å². The number of aliphatic hydroxyl groups excluding tert-OH is 1. The van der Waals surface area contributed by atoms with E-state index in [9.17, 15) is 4.79 Å². The molecule has 4 heteroatoms. The second-order valence-electron chi connectivity index (χ2n) is 5.81. The lowest BCUT2D eigenvalue weighted by atomic mass is 10.1. The van der Waals surface area contributed by atoms with E-state index in [1.807, 2.05) is 43.3 Å². The number of unbranched alkanes of at least 4 members (excludes halogenated alkanes) is 3. The Kier molecular flexibility index (Phi) is 7.30. The summed E-state index contributed by atoms with van der Waals surface area (Å²) in [7, 11) is 0. The molecule has 0 saturated carbocycles. The number of amides is 1. The predicted octanol–water partition coefficient (Wildman–Crippen LogP) is 4.18. The number of anilines is 1. The van der Waals surface area contributed by atoms with Crippen LogP contribution in [0.25, 0.3) is 0 Å². The van der Waals surface area contributed by atoms with Gasteiger partial charge in [-0.1, -0.05) is 30.7 Å². The van der Waals surface area contributed by atoms with E-state index in [2.05, 4.69) is 5.32 Å². The number of ether oxygens (including phenoxy) is 1. The molecule has 2 aromatic rings. The Morgan fingerprint density at radius 3 is 2.54 bits per heavy atom. The molecule has 0 unspecified atom stereocenters. The maximum atomic E-state index is 12.3. The summed E-state index contributed by atoms with van der Waals surface area (Å²) in [6, 6.07) is 14.9. The lowest BCUT2D eigenvalue weighted by Gasteiger charge is -2.13. The van der Waals surface area contributed by atoms with Crippen molar-refractivity contribution in [1.29, 1.82) is 0 Å². The van der Waals surface area contributed by atoms with Gasteiger partial charge in [-0.05, 0) is 56.0 Å². The van der Waals surface area contributed by atoms with Crippen molar-refractivity contribution in [2.24, 2.45) is 0 Å². The Labute approximate surface area is 143 Å². The van der Waals surface area contributed by atoms with Crippen molar-refractivity contribution >= 4 is 11.6 Å². The highest BCUT2D eigenvalue weighted by atomic mass is 16.5. The van der Waals surface area contributed by atoms with Gasteiger partial charge in [0.2, 0.25) is 0 Å². The normalized spacial score (nSPS) is 10.4. The van der Waals surface area contributed by atoms with Crippen LogP contribution in [0.2, 0.25) is 0 Å². The first-order valence-electron chi connectivity index (χ1n) is 8.41. The van der Waals surface area contributed by atoms with Crippen molar-refractivity contribution in [3.8, 4) is 5.75 Å². The van der Waals surface area contributed by atoms with Gasteiger partial charge in [0.15, 0.2) is 0 Å². The quantitative estimate of drug-likeness (QED) is 0.679. The number of hydrogen-bond donors (Lipinski definition) is 2. The van der Waals surface area contributed by atoms with Gasteiger partial charge < -0.3 is 15.2 Å². The van der Waals surface area contributed by atoms with Crippen LogP contribution < -0.4 is 10.1 Å². The lowest BCUT2D eigenvalue weighted by molar-refractivity contribution is 0.102. The number of nitrogens with one attached hydrogen (secondary N) is 1. The summed E-state index contributed by atoms with van der Waals surface area (Å²) >= 11 is 0. The maximum absolute atomic E-state index is 12.3. The predicted molar refractivity (Wildman–Crippen MR) is 96.6 cm³/mol. The van der Waals surface area contributed by atoms with Gasteiger partial charge in [-0.15, -0.1) is 0 Å². The van der Waals surface area contributed by atoms with Crippen molar-refractivity contribution in [3.05, 3.63) is 59.7 Å². The molecule has 0 radical (unpaired) electrons. The van der Waals surface area contributed by atoms with Crippen LogP contribution in [0.15, 0.2) is 48.5 Å². The monoisotopic (exact) mass is 327 g/mol. The van der Waals surface area contributed by atoms with E-state index < -0.39 is 0 Å². The van der Waals surface area contributed by atoms with Gasteiger partial charge in [-0.2, -0.15) is 0 Å². The van der Waals surface area contributed by atoms with Gasteiger partial charge in [0.1, 0.15) is 5.75 Å². The van der Waals surface area contributed by atoms with Gasteiger partial charge in [0, 0.05) is 12.2 Å². The third-order valence-electron chi connectivity index (χ3n) is 3.73. The van der Waals surface area contributed by atoms with E-state index in [1.165, 1.54) is 0 Å². The highest BCUT2D eigenvalue weighted by Crippen LogP contribution is 2.26. The summed E-state index contributed by atoms with van der Waals surface area (Å²) in [5, 5.41) is 11.7. The minimum atomic E-state index is -0.146. The molecule has 1 amide bonds. The second-order valence-corrected chi connectivity index (χ2v) is 5.81. The molecule has 0 saturated heterocycles. The third-order valence-corrected chi connectivity index (χ3v) is 3.73. The minimum Gasteiger partial charge on any atom is -0.491 e. The van der Waals surface area contributed by atoms with Crippen LogP contribution in [-0.4, -0.2) is 24.2 Å². The fourth-order valence-electron chi connectivity index (χ4n) is 2.39. The fraction of sp³-hybridized carbons (Fsp3) is 0.350. The van der Waals surface area contributed by atoms with E-state index in [0.29, 0.717) is 23.6 Å². The molecule has 0 bridgehead atoms. The summed E-state index contributed by atoms with van der Waals surface area (Å²) < 4.78 is 5.86. The fourth-order valence-corrected chi connectivity index (χ4v) is 2.39. The van der Waals surface area contributed by atoms with Crippen LogP contribution in [0, 0.1) is 6.92 Å². The van der Waals surface area contributed by atoms with E-state index in [-0.39, 0.29) is 12.5 Å². The van der Waals surface area contributed by atoms with Gasteiger partial charge in [-0.3, -0.25) is 4.79 Å². The van der Waals surface area contributed by atoms with Crippen LogP contribution in [0.5, 0.6) is 5.75 Å². The highest BCUT2D eigenvalue weighted by Gasteiger charge is 2.10. The molecule has 0 aliphatic rings. The number of hydrogen-bond acceptors (Lipinski definition) is 3. The van der Waals surface area contributed by atoms with E-state index >= 15 is 0 Å². The first-order chi connectivity index (χ1) is 11.7. The molecule has 0 spiro atoms. The number of rotatable bonds is 9. The Hall–Kier alpha value is -2.33. The van der Waals surface area contributed by atoms with Crippen LogP contribution in [-0.2, 0) is 0 Å². The molecule has 0 heterocycles. The second kappa shape index (κ2) is 9.73. The zero-order valence-corrected chi connectivity index (χ0v) is 14.1. The average Bonchev–Trinajstić information content (AvgIpc) is 2.61. The molecule has 0 aromatic heterocycles. The number of carbonyl (C=O) groups excluding carboxylic acids is 1. The highest BCUT2D eigenvalue weighted by molar-refractivity contribution is 6.05.